The number of carbonyl (C=O) groups is 1. The molecule has 1 aliphatic rings. The Bertz CT molecular complexity index is 693. The van der Waals surface area contributed by atoms with Gasteiger partial charge in [0.2, 0.25) is 5.82 Å². The maximum absolute atomic E-state index is 11.9. The van der Waals surface area contributed by atoms with Crippen LogP contribution in [0.4, 0.5) is 5.69 Å². The number of rotatable bonds is 5. The van der Waals surface area contributed by atoms with Crippen LogP contribution in [0, 0.1) is 10.1 Å². The van der Waals surface area contributed by atoms with E-state index in [9.17, 15) is 14.9 Å². The number of carbonyl (C=O) groups excluding carboxylic acids is 1. The third kappa shape index (κ3) is 2.88. The minimum Gasteiger partial charge on any atom is -0.345 e. The zero-order chi connectivity index (χ0) is 14.8. The van der Waals surface area contributed by atoms with Gasteiger partial charge >= 0.3 is 0 Å². The van der Waals surface area contributed by atoms with E-state index in [0.29, 0.717) is 11.5 Å². The Labute approximate surface area is 119 Å². The molecule has 8 nitrogen and oxygen atoms in total. The first kappa shape index (κ1) is 13.2. The van der Waals surface area contributed by atoms with Crippen molar-refractivity contribution in [3.8, 4) is 0 Å². The summed E-state index contributed by atoms with van der Waals surface area (Å²) in [7, 11) is 0. The normalized spacial score (nSPS) is 13.9. The summed E-state index contributed by atoms with van der Waals surface area (Å²) in [5, 5.41) is 20.1. The summed E-state index contributed by atoms with van der Waals surface area (Å²) in [6, 6.07) is 6.28. The molecule has 0 spiro atoms. The highest BCUT2D eigenvalue weighted by molar-refractivity contribution is 5.90. The first-order valence-corrected chi connectivity index (χ1v) is 6.58. The third-order valence-electron chi connectivity index (χ3n) is 3.30. The lowest BCUT2D eigenvalue weighted by Crippen LogP contribution is -2.24. The van der Waals surface area contributed by atoms with Crippen molar-refractivity contribution in [1.29, 1.82) is 0 Å². The number of para-hydroxylation sites is 1. The summed E-state index contributed by atoms with van der Waals surface area (Å²) in [6.45, 7) is 0.0588. The van der Waals surface area contributed by atoms with Crippen molar-refractivity contribution >= 4 is 11.6 Å². The van der Waals surface area contributed by atoms with Gasteiger partial charge in [0.25, 0.3) is 11.6 Å². The van der Waals surface area contributed by atoms with Gasteiger partial charge in [-0.2, -0.15) is 0 Å². The molecular weight excluding hydrogens is 274 g/mol. The summed E-state index contributed by atoms with van der Waals surface area (Å²) >= 11 is 0. The zero-order valence-electron chi connectivity index (χ0n) is 11.1. The van der Waals surface area contributed by atoms with Crippen molar-refractivity contribution in [3.63, 3.8) is 0 Å². The molecule has 1 heterocycles. The van der Waals surface area contributed by atoms with Crippen LogP contribution in [-0.4, -0.2) is 26.0 Å². The Balaban J connectivity index is 1.66. The van der Waals surface area contributed by atoms with Gasteiger partial charge in [0.1, 0.15) is 5.82 Å². The average Bonchev–Trinajstić information content (AvgIpc) is 3.22. The highest BCUT2D eigenvalue weighted by atomic mass is 16.6. The second-order valence-electron chi connectivity index (χ2n) is 4.89. The number of nitrogens with zero attached hydrogens (tertiary/aromatic N) is 3. The number of amides is 1. The van der Waals surface area contributed by atoms with Crippen molar-refractivity contribution < 1.29 is 9.72 Å². The number of aromatic amines is 1. The van der Waals surface area contributed by atoms with Crippen LogP contribution in [0.5, 0.6) is 0 Å². The van der Waals surface area contributed by atoms with Crippen LogP contribution in [-0.2, 0) is 6.54 Å². The molecule has 0 saturated heterocycles. The van der Waals surface area contributed by atoms with Gasteiger partial charge in [0, 0.05) is 24.1 Å². The molecule has 3 rings (SSSR count). The third-order valence-corrected chi connectivity index (χ3v) is 3.30. The van der Waals surface area contributed by atoms with E-state index in [0.717, 1.165) is 18.7 Å². The first-order valence-electron chi connectivity index (χ1n) is 6.58. The fraction of sp³-hybridized carbons (Fsp3) is 0.308. The van der Waals surface area contributed by atoms with Crippen molar-refractivity contribution in [2.45, 2.75) is 25.3 Å². The Morgan fingerprint density at radius 1 is 1.43 bits per heavy atom. The van der Waals surface area contributed by atoms with Gasteiger partial charge in [0.05, 0.1) is 4.92 Å². The van der Waals surface area contributed by atoms with E-state index < -0.39 is 10.8 Å². The van der Waals surface area contributed by atoms with Gasteiger partial charge in [-0.05, 0) is 12.8 Å². The second-order valence-corrected chi connectivity index (χ2v) is 4.89. The molecule has 2 N–H and O–H groups in total. The molecule has 1 aliphatic carbocycles. The zero-order valence-corrected chi connectivity index (χ0v) is 11.1. The SMILES string of the molecule is O=C(NCc1ccccc1[N+](=O)[O-])c1n[nH]c(C2CC2)n1. The number of aromatic nitrogens is 3. The van der Waals surface area contributed by atoms with Crippen LogP contribution in [0.15, 0.2) is 24.3 Å². The van der Waals surface area contributed by atoms with Crippen LogP contribution >= 0.6 is 0 Å². The van der Waals surface area contributed by atoms with Crippen molar-refractivity contribution in [1.82, 2.24) is 20.5 Å². The van der Waals surface area contributed by atoms with E-state index in [-0.39, 0.29) is 18.1 Å². The number of benzene rings is 1. The standard InChI is InChI=1S/C13H13N5O3/c19-13(12-15-11(16-17-12)8-5-6-8)14-7-9-3-1-2-4-10(9)18(20)21/h1-4,8H,5-7H2,(H,14,19)(H,15,16,17). The van der Waals surface area contributed by atoms with Gasteiger partial charge in [-0.25, -0.2) is 4.98 Å². The predicted octanol–water partition coefficient (Wildman–Crippen LogP) is 1.52. The lowest BCUT2D eigenvalue weighted by molar-refractivity contribution is -0.385. The van der Waals surface area contributed by atoms with Crippen molar-refractivity contribution in [2.75, 3.05) is 0 Å². The maximum Gasteiger partial charge on any atom is 0.291 e. The van der Waals surface area contributed by atoms with E-state index in [1.54, 1.807) is 18.2 Å². The quantitative estimate of drug-likeness (QED) is 0.639. The molecule has 21 heavy (non-hydrogen) atoms. The van der Waals surface area contributed by atoms with Gasteiger partial charge in [-0.3, -0.25) is 20.0 Å². The molecule has 108 valence electrons. The molecule has 1 fully saturated rings. The van der Waals surface area contributed by atoms with E-state index in [2.05, 4.69) is 20.5 Å². The Hall–Kier alpha value is -2.77. The van der Waals surface area contributed by atoms with Crippen LogP contribution in [0.1, 0.15) is 40.8 Å². The van der Waals surface area contributed by atoms with Gasteiger partial charge < -0.3 is 5.32 Å². The minimum atomic E-state index is -0.473. The van der Waals surface area contributed by atoms with Gasteiger partial charge in [-0.1, -0.05) is 18.2 Å². The van der Waals surface area contributed by atoms with Gasteiger partial charge in [0.15, 0.2) is 0 Å². The topological polar surface area (TPSA) is 114 Å². The van der Waals surface area contributed by atoms with E-state index in [1.807, 2.05) is 0 Å². The molecule has 1 aromatic carbocycles. The number of hydrogen-bond donors (Lipinski definition) is 2. The molecule has 0 bridgehead atoms. The van der Waals surface area contributed by atoms with E-state index in [1.165, 1.54) is 6.07 Å². The molecule has 1 amide bonds. The van der Waals surface area contributed by atoms with Crippen LogP contribution in [0.2, 0.25) is 0 Å². The number of nitrogens with one attached hydrogen (secondary N) is 2. The molecule has 0 atom stereocenters. The highest BCUT2D eigenvalue weighted by Crippen LogP contribution is 2.37. The second kappa shape index (κ2) is 5.31. The molecular formula is C13H13N5O3. The summed E-state index contributed by atoms with van der Waals surface area (Å²) < 4.78 is 0. The number of nitro groups is 1. The largest absolute Gasteiger partial charge is 0.345 e. The highest BCUT2D eigenvalue weighted by Gasteiger charge is 2.28. The molecule has 0 radical (unpaired) electrons. The molecule has 0 unspecified atom stereocenters. The maximum atomic E-state index is 11.9. The van der Waals surface area contributed by atoms with Crippen LogP contribution < -0.4 is 5.32 Å². The fourth-order valence-electron chi connectivity index (χ4n) is 2.01. The van der Waals surface area contributed by atoms with Crippen molar-refractivity contribution in [3.05, 3.63) is 51.6 Å². The summed E-state index contributed by atoms with van der Waals surface area (Å²) in [4.78, 5) is 26.5. The van der Waals surface area contributed by atoms with E-state index >= 15 is 0 Å². The predicted molar refractivity (Wildman–Crippen MR) is 72.6 cm³/mol. The number of hydrogen-bond acceptors (Lipinski definition) is 5. The van der Waals surface area contributed by atoms with Crippen LogP contribution in [0.3, 0.4) is 0 Å². The minimum absolute atomic E-state index is 0.0218. The molecule has 1 saturated carbocycles. The van der Waals surface area contributed by atoms with E-state index in [4.69, 9.17) is 0 Å². The first-order chi connectivity index (χ1) is 10.1. The Morgan fingerprint density at radius 3 is 2.90 bits per heavy atom. The molecule has 2 aromatic rings. The summed E-state index contributed by atoms with van der Waals surface area (Å²) in [5.74, 6) is 0.729. The van der Waals surface area contributed by atoms with Gasteiger partial charge in [-0.15, -0.1) is 5.10 Å². The monoisotopic (exact) mass is 287 g/mol. The molecule has 1 aromatic heterocycles. The fourth-order valence-corrected chi connectivity index (χ4v) is 2.01. The summed E-state index contributed by atoms with van der Waals surface area (Å²) in [5.41, 5.74) is 0.417. The molecule has 0 aliphatic heterocycles. The Kier molecular flexibility index (Phi) is 3.35. The number of nitro benzene ring substituents is 1. The number of H-pyrrole nitrogens is 1. The van der Waals surface area contributed by atoms with Crippen molar-refractivity contribution in [2.24, 2.45) is 0 Å². The lowest BCUT2D eigenvalue weighted by atomic mass is 10.2. The molecule has 8 heteroatoms. The average molecular weight is 287 g/mol. The lowest BCUT2D eigenvalue weighted by Gasteiger charge is -2.03. The summed E-state index contributed by atoms with van der Waals surface area (Å²) in [6.07, 6.45) is 2.12. The Morgan fingerprint density at radius 2 is 2.19 bits per heavy atom. The van der Waals surface area contributed by atoms with Crippen LogP contribution in [0.25, 0.3) is 0 Å². The smallest absolute Gasteiger partial charge is 0.291 e.